The zero-order valence-corrected chi connectivity index (χ0v) is 16.0. The quantitative estimate of drug-likeness (QED) is 0.736. The third-order valence-electron chi connectivity index (χ3n) is 5.51. The first-order valence-corrected chi connectivity index (χ1v) is 9.77. The molecule has 4 heterocycles. The molecule has 7 heteroatoms. The summed E-state index contributed by atoms with van der Waals surface area (Å²) in [4.78, 5) is 6.75. The zero-order chi connectivity index (χ0) is 18.4. The van der Waals surface area contributed by atoms with E-state index in [4.69, 9.17) is 16.3 Å². The molecule has 0 saturated carbocycles. The maximum atomic E-state index is 6.03. The third-order valence-corrected chi connectivity index (χ3v) is 5.70. The molecule has 2 atom stereocenters. The number of anilines is 1. The van der Waals surface area contributed by atoms with Gasteiger partial charge in [-0.15, -0.1) is 0 Å². The average molecular weight is 384 g/mol. The Morgan fingerprint density at radius 3 is 2.93 bits per heavy atom. The van der Waals surface area contributed by atoms with Gasteiger partial charge in [0.1, 0.15) is 0 Å². The standard InChI is InChI=1S/C20H22ClN5O/c1-13-17-9-16(25-4-6-27-7-5-25)3-2-14(17)8-18(23-13)19-10-20-22-11-15(21)12-26(20)24-19/h2-3,9-13,18,23H,4-8H2,1H3. The molecule has 1 N–H and O–H groups in total. The van der Waals surface area contributed by atoms with Gasteiger partial charge in [0.15, 0.2) is 5.65 Å². The Hall–Kier alpha value is -2.15. The Morgan fingerprint density at radius 2 is 2.07 bits per heavy atom. The highest BCUT2D eigenvalue weighted by molar-refractivity contribution is 6.30. The van der Waals surface area contributed by atoms with E-state index in [0.717, 1.165) is 44.1 Å². The van der Waals surface area contributed by atoms with Crippen molar-refractivity contribution in [3.05, 3.63) is 58.5 Å². The second kappa shape index (κ2) is 6.78. The summed E-state index contributed by atoms with van der Waals surface area (Å²) in [5, 5.41) is 8.98. The lowest BCUT2D eigenvalue weighted by atomic mass is 9.89. The molecule has 0 spiro atoms. The minimum atomic E-state index is 0.169. The monoisotopic (exact) mass is 383 g/mol. The number of halogens is 1. The topological polar surface area (TPSA) is 54.7 Å². The molecule has 2 aliphatic heterocycles. The normalized spacial score (nSPS) is 22.8. The van der Waals surface area contributed by atoms with Crippen molar-refractivity contribution in [3.63, 3.8) is 0 Å². The predicted molar refractivity (Wildman–Crippen MR) is 105 cm³/mol. The number of nitrogens with one attached hydrogen (secondary N) is 1. The van der Waals surface area contributed by atoms with Crippen molar-refractivity contribution in [2.75, 3.05) is 31.2 Å². The van der Waals surface area contributed by atoms with Crippen LogP contribution in [-0.2, 0) is 11.2 Å². The van der Waals surface area contributed by atoms with Crippen molar-refractivity contribution in [3.8, 4) is 0 Å². The lowest BCUT2D eigenvalue weighted by Crippen LogP contribution is -2.37. The molecule has 0 radical (unpaired) electrons. The number of nitrogens with zero attached hydrogens (tertiary/aromatic N) is 4. The van der Waals surface area contributed by atoms with E-state index in [9.17, 15) is 0 Å². The summed E-state index contributed by atoms with van der Waals surface area (Å²) in [6, 6.07) is 9.32. The minimum Gasteiger partial charge on any atom is -0.378 e. The molecule has 140 valence electrons. The van der Waals surface area contributed by atoms with Crippen LogP contribution in [0, 0.1) is 0 Å². The molecule has 0 amide bonds. The summed E-state index contributed by atoms with van der Waals surface area (Å²) >= 11 is 6.03. The van der Waals surface area contributed by atoms with Crippen LogP contribution in [0.25, 0.3) is 5.65 Å². The van der Waals surface area contributed by atoms with E-state index in [-0.39, 0.29) is 12.1 Å². The van der Waals surface area contributed by atoms with Gasteiger partial charge in [0.05, 0.1) is 36.2 Å². The van der Waals surface area contributed by atoms with Crippen molar-refractivity contribution in [2.45, 2.75) is 25.4 Å². The molecule has 27 heavy (non-hydrogen) atoms. The molecule has 2 aromatic heterocycles. The number of morpholine rings is 1. The van der Waals surface area contributed by atoms with E-state index < -0.39 is 0 Å². The van der Waals surface area contributed by atoms with Gasteiger partial charge in [0.2, 0.25) is 0 Å². The van der Waals surface area contributed by atoms with Crippen molar-refractivity contribution >= 4 is 22.9 Å². The Morgan fingerprint density at radius 1 is 1.22 bits per heavy atom. The van der Waals surface area contributed by atoms with Crippen LogP contribution >= 0.6 is 11.6 Å². The van der Waals surface area contributed by atoms with Gasteiger partial charge in [0, 0.05) is 37.1 Å². The van der Waals surface area contributed by atoms with Gasteiger partial charge < -0.3 is 15.0 Å². The molecular formula is C20H22ClN5O. The molecule has 6 nitrogen and oxygen atoms in total. The van der Waals surface area contributed by atoms with E-state index in [1.807, 2.05) is 6.07 Å². The van der Waals surface area contributed by atoms with E-state index in [1.165, 1.54) is 16.8 Å². The highest BCUT2D eigenvalue weighted by Gasteiger charge is 2.27. The smallest absolute Gasteiger partial charge is 0.155 e. The summed E-state index contributed by atoms with van der Waals surface area (Å²) < 4.78 is 7.23. The maximum absolute atomic E-state index is 6.03. The number of aromatic nitrogens is 3. The Bertz CT molecular complexity index is 982. The average Bonchev–Trinajstić information content (AvgIpc) is 3.11. The first-order valence-electron chi connectivity index (χ1n) is 9.40. The SMILES string of the molecule is CC1NC(c2cc3ncc(Cl)cn3n2)Cc2ccc(N3CCOCC3)cc21. The maximum Gasteiger partial charge on any atom is 0.155 e. The van der Waals surface area contributed by atoms with Crippen LogP contribution in [0.15, 0.2) is 36.7 Å². The van der Waals surface area contributed by atoms with Crippen molar-refractivity contribution in [1.29, 1.82) is 0 Å². The minimum absolute atomic E-state index is 0.169. The molecule has 3 aromatic rings. The summed E-state index contributed by atoms with van der Waals surface area (Å²) in [6.45, 7) is 5.75. The fourth-order valence-corrected chi connectivity index (χ4v) is 4.23. The number of benzene rings is 1. The molecule has 0 aliphatic carbocycles. The van der Waals surface area contributed by atoms with Crippen LogP contribution in [0.4, 0.5) is 5.69 Å². The van der Waals surface area contributed by atoms with E-state index in [1.54, 1.807) is 16.9 Å². The van der Waals surface area contributed by atoms with Gasteiger partial charge in [0.25, 0.3) is 0 Å². The molecule has 1 aromatic carbocycles. The number of ether oxygens (including phenoxy) is 1. The zero-order valence-electron chi connectivity index (χ0n) is 15.2. The second-order valence-electron chi connectivity index (χ2n) is 7.27. The summed E-state index contributed by atoms with van der Waals surface area (Å²) in [5.74, 6) is 0. The van der Waals surface area contributed by atoms with Gasteiger partial charge in [-0.25, -0.2) is 9.50 Å². The van der Waals surface area contributed by atoms with Crippen LogP contribution < -0.4 is 10.2 Å². The Labute approximate surface area is 163 Å². The number of hydrogen-bond acceptors (Lipinski definition) is 5. The molecule has 2 unspecified atom stereocenters. The van der Waals surface area contributed by atoms with Gasteiger partial charge in [-0.3, -0.25) is 0 Å². The highest BCUT2D eigenvalue weighted by atomic mass is 35.5. The summed E-state index contributed by atoms with van der Waals surface area (Å²) in [5.41, 5.74) is 5.86. The van der Waals surface area contributed by atoms with Crippen LogP contribution in [0.3, 0.4) is 0 Å². The Balaban J connectivity index is 1.43. The number of fused-ring (bicyclic) bond motifs is 2. The largest absolute Gasteiger partial charge is 0.378 e. The van der Waals surface area contributed by atoms with Crippen LogP contribution in [-0.4, -0.2) is 40.9 Å². The van der Waals surface area contributed by atoms with E-state index >= 15 is 0 Å². The molecule has 1 saturated heterocycles. The third kappa shape index (κ3) is 3.18. The van der Waals surface area contributed by atoms with Crippen LogP contribution in [0.1, 0.15) is 35.8 Å². The second-order valence-corrected chi connectivity index (χ2v) is 7.71. The predicted octanol–water partition coefficient (Wildman–Crippen LogP) is 3.17. The Kier molecular flexibility index (Phi) is 4.27. The van der Waals surface area contributed by atoms with E-state index in [2.05, 4.69) is 45.4 Å². The first-order chi connectivity index (χ1) is 13.2. The van der Waals surface area contributed by atoms with Gasteiger partial charge in [-0.05, 0) is 36.6 Å². The van der Waals surface area contributed by atoms with Crippen molar-refractivity contribution in [1.82, 2.24) is 19.9 Å². The molecular weight excluding hydrogens is 362 g/mol. The van der Waals surface area contributed by atoms with E-state index in [0.29, 0.717) is 5.02 Å². The molecule has 5 rings (SSSR count). The summed E-state index contributed by atoms with van der Waals surface area (Å²) in [7, 11) is 0. The first kappa shape index (κ1) is 17.0. The lowest BCUT2D eigenvalue weighted by molar-refractivity contribution is 0.122. The fraction of sp³-hybridized carbons (Fsp3) is 0.400. The van der Waals surface area contributed by atoms with Crippen molar-refractivity contribution in [2.24, 2.45) is 0 Å². The number of hydrogen-bond donors (Lipinski definition) is 1. The van der Waals surface area contributed by atoms with Gasteiger partial charge >= 0.3 is 0 Å². The molecule has 2 aliphatic rings. The van der Waals surface area contributed by atoms with Crippen molar-refractivity contribution < 1.29 is 4.74 Å². The fourth-order valence-electron chi connectivity index (χ4n) is 4.09. The summed E-state index contributed by atoms with van der Waals surface area (Å²) in [6.07, 6.45) is 4.37. The van der Waals surface area contributed by atoms with Crippen LogP contribution in [0.5, 0.6) is 0 Å². The number of rotatable bonds is 2. The molecule has 1 fully saturated rings. The van der Waals surface area contributed by atoms with Crippen LogP contribution in [0.2, 0.25) is 5.02 Å². The van der Waals surface area contributed by atoms with Gasteiger partial charge in [-0.2, -0.15) is 5.10 Å². The highest BCUT2D eigenvalue weighted by Crippen LogP contribution is 2.34. The lowest BCUT2D eigenvalue weighted by Gasteiger charge is -2.33. The molecule has 0 bridgehead atoms. The van der Waals surface area contributed by atoms with Gasteiger partial charge in [-0.1, -0.05) is 17.7 Å².